The van der Waals surface area contributed by atoms with Crippen LogP contribution in [0.3, 0.4) is 0 Å². The highest BCUT2D eigenvalue weighted by atomic mass is 16.5. The molecule has 0 heterocycles. The predicted octanol–water partition coefficient (Wildman–Crippen LogP) is 3.55. The fourth-order valence-electron chi connectivity index (χ4n) is 2.33. The first-order valence-electron chi connectivity index (χ1n) is 7.17. The number of methoxy groups -OCH3 is 3. The number of hydrogen-bond donors (Lipinski definition) is 1. The van der Waals surface area contributed by atoms with Gasteiger partial charge in [0.2, 0.25) is 5.75 Å². The molecule has 1 N–H and O–H groups in total. The van der Waals surface area contributed by atoms with E-state index in [1.54, 1.807) is 21.3 Å². The van der Waals surface area contributed by atoms with Crippen LogP contribution in [0.5, 0.6) is 17.2 Å². The van der Waals surface area contributed by atoms with E-state index >= 15 is 0 Å². The van der Waals surface area contributed by atoms with Crippen LogP contribution < -0.4 is 19.5 Å². The monoisotopic (exact) mass is 281 g/mol. The first-order chi connectivity index (χ1) is 9.60. The van der Waals surface area contributed by atoms with E-state index in [0.29, 0.717) is 23.3 Å². The Kier molecular flexibility index (Phi) is 6.65. The van der Waals surface area contributed by atoms with E-state index in [4.69, 9.17) is 14.2 Å². The Morgan fingerprint density at radius 3 is 1.80 bits per heavy atom. The van der Waals surface area contributed by atoms with E-state index in [9.17, 15) is 0 Å². The highest BCUT2D eigenvalue weighted by molar-refractivity contribution is 5.54. The maximum Gasteiger partial charge on any atom is 0.203 e. The maximum atomic E-state index is 5.39. The summed E-state index contributed by atoms with van der Waals surface area (Å²) in [5, 5.41) is 3.62. The van der Waals surface area contributed by atoms with Crippen LogP contribution in [0.1, 0.15) is 45.2 Å². The average Bonchev–Trinajstić information content (AvgIpc) is 2.50. The van der Waals surface area contributed by atoms with E-state index in [1.807, 2.05) is 12.1 Å². The molecular formula is C16H27NO3. The highest BCUT2D eigenvalue weighted by Gasteiger charge is 2.17. The first kappa shape index (κ1) is 16.6. The van der Waals surface area contributed by atoms with Gasteiger partial charge in [0.25, 0.3) is 0 Å². The summed E-state index contributed by atoms with van der Waals surface area (Å²) in [7, 11) is 4.89. The Morgan fingerprint density at radius 1 is 0.950 bits per heavy atom. The van der Waals surface area contributed by atoms with Crippen LogP contribution in [-0.2, 0) is 0 Å². The van der Waals surface area contributed by atoms with Crippen molar-refractivity contribution in [1.29, 1.82) is 0 Å². The molecule has 0 fully saturated rings. The molecule has 4 nitrogen and oxygen atoms in total. The maximum absolute atomic E-state index is 5.39. The van der Waals surface area contributed by atoms with Crippen LogP contribution in [0.15, 0.2) is 12.1 Å². The van der Waals surface area contributed by atoms with Crippen molar-refractivity contribution in [2.45, 2.75) is 45.7 Å². The summed E-state index contributed by atoms with van der Waals surface area (Å²) in [5.41, 5.74) is 1.13. The number of ether oxygens (including phenoxy) is 3. The summed E-state index contributed by atoms with van der Waals surface area (Å²) >= 11 is 0. The van der Waals surface area contributed by atoms with Crippen molar-refractivity contribution < 1.29 is 14.2 Å². The zero-order valence-electron chi connectivity index (χ0n) is 13.4. The Balaban J connectivity index is 3.05. The van der Waals surface area contributed by atoms with Crippen molar-refractivity contribution >= 4 is 0 Å². The number of hydrogen-bond acceptors (Lipinski definition) is 4. The van der Waals surface area contributed by atoms with Gasteiger partial charge in [0.15, 0.2) is 11.5 Å². The largest absolute Gasteiger partial charge is 0.493 e. The first-order valence-corrected chi connectivity index (χ1v) is 7.17. The summed E-state index contributed by atoms with van der Waals surface area (Å²) in [4.78, 5) is 0. The molecule has 0 saturated heterocycles. The molecule has 0 amide bonds. The second-order valence-corrected chi connectivity index (χ2v) is 4.86. The van der Waals surface area contributed by atoms with Crippen LogP contribution in [0, 0.1) is 0 Å². The molecule has 0 bridgehead atoms. The number of nitrogens with one attached hydrogen (secondary N) is 1. The normalized spacial score (nSPS) is 12.3. The van der Waals surface area contributed by atoms with Crippen molar-refractivity contribution in [2.24, 2.45) is 0 Å². The van der Waals surface area contributed by atoms with E-state index in [1.165, 1.54) is 0 Å². The molecule has 1 rings (SSSR count). The lowest BCUT2D eigenvalue weighted by molar-refractivity contribution is 0.322. The lowest BCUT2D eigenvalue weighted by Crippen LogP contribution is -2.30. The zero-order valence-corrected chi connectivity index (χ0v) is 13.4. The van der Waals surface area contributed by atoms with Gasteiger partial charge in [0, 0.05) is 12.1 Å². The summed E-state index contributed by atoms with van der Waals surface area (Å²) in [5.74, 6) is 2.02. The number of rotatable bonds is 8. The van der Waals surface area contributed by atoms with Crippen LogP contribution >= 0.6 is 0 Å². The summed E-state index contributed by atoms with van der Waals surface area (Å²) in [6.45, 7) is 6.55. The highest BCUT2D eigenvalue weighted by Crippen LogP contribution is 2.39. The van der Waals surface area contributed by atoms with Gasteiger partial charge in [-0.3, -0.25) is 0 Å². The molecule has 0 saturated carbocycles. The van der Waals surface area contributed by atoms with Gasteiger partial charge in [-0.25, -0.2) is 0 Å². The summed E-state index contributed by atoms with van der Waals surface area (Å²) < 4.78 is 16.1. The van der Waals surface area contributed by atoms with Crippen LogP contribution in [0.2, 0.25) is 0 Å². The Labute approximate surface area is 122 Å². The fourth-order valence-corrected chi connectivity index (χ4v) is 2.33. The Hall–Kier alpha value is -1.42. The summed E-state index contributed by atoms with van der Waals surface area (Å²) in [6.07, 6.45) is 2.23. The molecule has 0 aliphatic heterocycles. The third-order valence-corrected chi connectivity index (χ3v) is 3.66. The van der Waals surface area contributed by atoms with Crippen molar-refractivity contribution in [3.63, 3.8) is 0 Å². The second-order valence-electron chi connectivity index (χ2n) is 4.86. The van der Waals surface area contributed by atoms with Crippen LogP contribution in [-0.4, -0.2) is 27.4 Å². The van der Waals surface area contributed by atoms with Crippen LogP contribution in [0.4, 0.5) is 0 Å². The van der Waals surface area contributed by atoms with Gasteiger partial charge in [-0.1, -0.05) is 13.8 Å². The lowest BCUT2D eigenvalue weighted by atomic mass is 10.0. The van der Waals surface area contributed by atoms with Crippen LogP contribution in [0.25, 0.3) is 0 Å². The minimum Gasteiger partial charge on any atom is -0.493 e. The molecule has 114 valence electrons. The van der Waals surface area contributed by atoms with Gasteiger partial charge < -0.3 is 19.5 Å². The average molecular weight is 281 g/mol. The van der Waals surface area contributed by atoms with Gasteiger partial charge in [-0.05, 0) is 37.5 Å². The van der Waals surface area contributed by atoms with Crippen molar-refractivity contribution in [3.05, 3.63) is 17.7 Å². The van der Waals surface area contributed by atoms with E-state index in [-0.39, 0.29) is 6.04 Å². The molecule has 0 aliphatic carbocycles. The quantitative estimate of drug-likeness (QED) is 0.791. The van der Waals surface area contributed by atoms with E-state index in [2.05, 4.69) is 26.1 Å². The second kappa shape index (κ2) is 8.00. The number of benzene rings is 1. The SMILES string of the molecule is CCC(CC)NC(C)c1cc(OC)c(OC)c(OC)c1. The van der Waals surface area contributed by atoms with Crippen molar-refractivity contribution in [1.82, 2.24) is 5.32 Å². The molecule has 1 aromatic rings. The van der Waals surface area contributed by atoms with E-state index in [0.717, 1.165) is 18.4 Å². The van der Waals surface area contributed by atoms with E-state index < -0.39 is 0 Å². The molecule has 0 radical (unpaired) electrons. The molecule has 4 heteroatoms. The lowest BCUT2D eigenvalue weighted by Gasteiger charge is -2.23. The molecule has 0 aliphatic rings. The fraction of sp³-hybridized carbons (Fsp3) is 0.625. The minimum absolute atomic E-state index is 0.230. The van der Waals surface area contributed by atoms with Gasteiger partial charge in [0.1, 0.15) is 0 Å². The van der Waals surface area contributed by atoms with Crippen molar-refractivity contribution in [2.75, 3.05) is 21.3 Å². The Bertz CT molecular complexity index is 391. The molecule has 1 aromatic carbocycles. The molecule has 20 heavy (non-hydrogen) atoms. The molecular weight excluding hydrogens is 254 g/mol. The van der Waals surface area contributed by atoms with Crippen molar-refractivity contribution in [3.8, 4) is 17.2 Å². The molecule has 1 atom stereocenters. The third-order valence-electron chi connectivity index (χ3n) is 3.66. The predicted molar refractivity (Wildman–Crippen MR) is 82.0 cm³/mol. The minimum atomic E-state index is 0.230. The smallest absolute Gasteiger partial charge is 0.203 e. The standard InChI is InChI=1S/C16H27NO3/c1-7-13(8-2)17-11(3)12-9-14(18-4)16(20-6)15(10-12)19-5/h9-11,13,17H,7-8H2,1-6H3. The van der Waals surface area contributed by atoms with Gasteiger partial charge in [0.05, 0.1) is 21.3 Å². The third kappa shape index (κ3) is 3.79. The summed E-state index contributed by atoms with van der Waals surface area (Å²) in [6, 6.07) is 4.75. The Morgan fingerprint density at radius 2 is 1.45 bits per heavy atom. The molecule has 0 spiro atoms. The zero-order chi connectivity index (χ0) is 15.1. The molecule has 1 unspecified atom stereocenters. The van der Waals surface area contributed by atoms with Gasteiger partial charge >= 0.3 is 0 Å². The topological polar surface area (TPSA) is 39.7 Å². The molecule has 0 aromatic heterocycles. The van der Waals surface area contributed by atoms with Gasteiger partial charge in [-0.15, -0.1) is 0 Å². The van der Waals surface area contributed by atoms with Gasteiger partial charge in [-0.2, -0.15) is 0 Å².